The molecule has 1 aliphatic carbocycles. The van der Waals surface area contributed by atoms with Crippen LogP contribution in [0.1, 0.15) is 18.2 Å². The molecule has 3 atom stereocenters. The van der Waals surface area contributed by atoms with E-state index in [1.165, 1.54) is 9.77 Å². The quantitative estimate of drug-likeness (QED) is 0.487. The third-order valence-electron chi connectivity index (χ3n) is 4.53. The molecule has 0 amide bonds. The Kier molecular flexibility index (Phi) is 4.85. The van der Waals surface area contributed by atoms with E-state index >= 15 is 0 Å². The zero-order valence-corrected chi connectivity index (χ0v) is 16.8. The number of hydrogen-bond donors (Lipinski definition) is 0. The highest BCUT2D eigenvalue weighted by Gasteiger charge is 2.38. The fourth-order valence-corrected chi connectivity index (χ4v) is 6.30. The van der Waals surface area contributed by atoms with Crippen LogP contribution in [0, 0.1) is 5.92 Å². The van der Waals surface area contributed by atoms with Crippen molar-refractivity contribution < 1.29 is 0 Å². The third kappa shape index (κ3) is 3.61. The summed E-state index contributed by atoms with van der Waals surface area (Å²) in [7, 11) is 0. The zero-order chi connectivity index (χ0) is 17.4. The van der Waals surface area contributed by atoms with Gasteiger partial charge in [0.05, 0.1) is 16.3 Å². The van der Waals surface area contributed by atoms with E-state index in [0.29, 0.717) is 10.3 Å². The van der Waals surface area contributed by atoms with Gasteiger partial charge >= 0.3 is 0 Å². The van der Waals surface area contributed by atoms with E-state index < -0.39 is 4.87 Å². The summed E-state index contributed by atoms with van der Waals surface area (Å²) in [6.07, 6.45) is 6.96. The molecule has 4 rings (SSSR count). The van der Waals surface area contributed by atoms with Crippen LogP contribution in [-0.4, -0.2) is 15.8 Å². The summed E-state index contributed by atoms with van der Waals surface area (Å²) in [5, 5.41) is 3.11. The summed E-state index contributed by atoms with van der Waals surface area (Å²) in [5.74, 6) is 0.179. The van der Waals surface area contributed by atoms with E-state index in [0.717, 1.165) is 17.8 Å². The number of halogens is 2. The second-order valence-corrected chi connectivity index (χ2v) is 9.91. The predicted octanol–water partition coefficient (Wildman–Crippen LogP) is 7.04. The maximum Gasteiger partial charge on any atom is 0.0769 e. The van der Waals surface area contributed by atoms with E-state index in [9.17, 15) is 0 Å². The number of allylic oxidation sites excluding steroid dienone is 4. The van der Waals surface area contributed by atoms with Gasteiger partial charge in [0.1, 0.15) is 0 Å². The number of thiophene rings is 1. The van der Waals surface area contributed by atoms with Crippen molar-refractivity contribution >= 4 is 57.7 Å². The van der Waals surface area contributed by atoms with Gasteiger partial charge in [-0.05, 0) is 42.7 Å². The van der Waals surface area contributed by atoms with Gasteiger partial charge in [0.2, 0.25) is 0 Å². The van der Waals surface area contributed by atoms with Crippen molar-refractivity contribution in [2.45, 2.75) is 28.4 Å². The third-order valence-corrected chi connectivity index (χ3v) is 7.41. The van der Waals surface area contributed by atoms with Crippen LogP contribution in [0.2, 0.25) is 0 Å². The molecule has 0 spiro atoms. The van der Waals surface area contributed by atoms with Gasteiger partial charge in [0, 0.05) is 32.4 Å². The first-order chi connectivity index (χ1) is 12.0. The fraction of sp³-hybridized carbons (Fsp3) is 0.250. The Labute approximate surface area is 166 Å². The molecule has 1 aliphatic heterocycles. The Balaban J connectivity index is 1.76. The topological polar surface area (TPSA) is 12.4 Å². The molecule has 5 heteroatoms. The van der Waals surface area contributed by atoms with E-state index in [4.69, 9.17) is 28.2 Å². The van der Waals surface area contributed by atoms with Gasteiger partial charge in [0.25, 0.3) is 0 Å². The molecule has 1 aromatic heterocycles. The van der Waals surface area contributed by atoms with Gasteiger partial charge in [-0.2, -0.15) is 0 Å². The number of thioether (sulfide) groups is 1. The van der Waals surface area contributed by atoms with Crippen molar-refractivity contribution in [2.75, 3.05) is 0 Å². The van der Waals surface area contributed by atoms with Crippen molar-refractivity contribution in [3.05, 3.63) is 69.9 Å². The molecule has 0 radical (unpaired) electrons. The number of fused-ring (bicyclic) bond motifs is 1. The second-order valence-electron chi connectivity index (χ2n) is 6.43. The lowest BCUT2D eigenvalue weighted by Crippen LogP contribution is -2.35. The van der Waals surface area contributed by atoms with Crippen molar-refractivity contribution in [1.29, 1.82) is 0 Å². The molecule has 0 saturated heterocycles. The molecule has 0 N–H and O–H groups in total. The van der Waals surface area contributed by atoms with Crippen LogP contribution in [0.5, 0.6) is 0 Å². The minimum atomic E-state index is -0.497. The van der Waals surface area contributed by atoms with Crippen molar-refractivity contribution in [3.8, 4) is 0 Å². The van der Waals surface area contributed by atoms with Crippen molar-refractivity contribution in [2.24, 2.45) is 10.9 Å². The first-order valence-electron chi connectivity index (χ1n) is 8.15. The van der Waals surface area contributed by atoms with Crippen molar-refractivity contribution in [3.63, 3.8) is 0 Å². The van der Waals surface area contributed by atoms with Crippen LogP contribution in [-0.2, 0) is 0 Å². The Bertz CT molecular complexity index is 866. The molecule has 0 fully saturated rings. The highest BCUT2D eigenvalue weighted by atomic mass is 35.5. The van der Waals surface area contributed by atoms with Gasteiger partial charge in [-0.25, -0.2) is 0 Å². The minimum absolute atomic E-state index is 0.179. The first kappa shape index (κ1) is 17.4. The lowest BCUT2D eigenvalue weighted by molar-refractivity contribution is 0.522. The van der Waals surface area contributed by atoms with Crippen LogP contribution in [0.25, 0.3) is 0 Å². The lowest BCUT2D eigenvalue weighted by Gasteiger charge is -2.35. The highest BCUT2D eigenvalue weighted by molar-refractivity contribution is 8.00. The molecule has 0 saturated carbocycles. The number of benzene rings is 1. The first-order valence-corrected chi connectivity index (χ1v) is 10.7. The summed E-state index contributed by atoms with van der Waals surface area (Å²) in [6.45, 7) is 2.05. The molecular weight excluding hydrogens is 389 g/mol. The van der Waals surface area contributed by atoms with Crippen LogP contribution in [0.3, 0.4) is 0 Å². The average Bonchev–Trinajstić information content (AvgIpc) is 3.02. The van der Waals surface area contributed by atoms with Crippen molar-refractivity contribution in [1.82, 2.24) is 0 Å². The van der Waals surface area contributed by atoms with Gasteiger partial charge < -0.3 is 0 Å². The maximum atomic E-state index is 6.86. The monoisotopic (exact) mass is 405 g/mol. The number of rotatable bonds is 2. The van der Waals surface area contributed by atoms with E-state index in [1.807, 2.05) is 36.9 Å². The Hall–Kier alpha value is -1.00. The largest absolute Gasteiger partial charge is 0.251 e. The smallest absolute Gasteiger partial charge is 0.0769 e. The van der Waals surface area contributed by atoms with Crippen LogP contribution < -0.4 is 0 Å². The zero-order valence-electron chi connectivity index (χ0n) is 13.7. The molecule has 0 bridgehead atoms. The Morgan fingerprint density at radius 2 is 2.04 bits per heavy atom. The summed E-state index contributed by atoms with van der Waals surface area (Å²) in [5.41, 5.74) is 2.18. The molecule has 25 heavy (non-hydrogen) atoms. The maximum absolute atomic E-state index is 6.86. The van der Waals surface area contributed by atoms with Gasteiger partial charge in [-0.1, -0.05) is 35.9 Å². The van der Waals surface area contributed by atoms with E-state index in [2.05, 4.69) is 41.8 Å². The molecule has 2 aromatic rings. The van der Waals surface area contributed by atoms with E-state index in [-0.39, 0.29) is 5.92 Å². The van der Waals surface area contributed by atoms with E-state index in [1.54, 1.807) is 11.3 Å². The summed E-state index contributed by atoms with van der Waals surface area (Å²) in [6, 6.07) is 12.6. The highest BCUT2D eigenvalue weighted by Crippen LogP contribution is 2.47. The molecule has 2 aliphatic rings. The minimum Gasteiger partial charge on any atom is -0.251 e. The summed E-state index contributed by atoms with van der Waals surface area (Å²) in [4.78, 5) is 6.93. The number of hydrogen-bond acceptors (Lipinski definition) is 3. The van der Waals surface area contributed by atoms with Gasteiger partial charge in [-0.15, -0.1) is 34.7 Å². The SMILES string of the molecule is CC1(Cl)C=C(Cl)C=CC1C1CC(c2cccs2)=Nc2ccccc2S1. The molecule has 1 nitrogen and oxygen atoms in total. The van der Waals surface area contributed by atoms with Crippen LogP contribution in [0.4, 0.5) is 5.69 Å². The average molecular weight is 406 g/mol. The molecule has 128 valence electrons. The number of aliphatic imine (C=N–C) groups is 1. The normalized spacial score (nSPS) is 28.8. The second kappa shape index (κ2) is 6.96. The standard InChI is InChI=1S/C20H17Cl2NS2/c1-20(22)12-13(21)8-9-14(20)19-11-16(17-7-4-10-24-17)23-15-5-2-3-6-18(15)25-19/h2-10,12,14,19H,11H2,1H3. The molecule has 1 aromatic carbocycles. The van der Waals surface area contributed by atoms with Crippen LogP contribution in [0.15, 0.2) is 74.9 Å². The number of para-hydroxylation sites is 1. The van der Waals surface area contributed by atoms with Gasteiger partial charge in [-0.3, -0.25) is 4.99 Å². The fourth-order valence-electron chi connectivity index (χ4n) is 3.32. The van der Waals surface area contributed by atoms with Gasteiger partial charge in [0.15, 0.2) is 0 Å². The Morgan fingerprint density at radius 3 is 2.80 bits per heavy atom. The van der Waals surface area contributed by atoms with Crippen LogP contribution >= 0.6 is 46.3 Å². The number of alkyl halides is 1. The lowest BCUT2D eigenvalue weighted by atomic mass is 9.84. The molecule has 3 unspecified atom stereocenters. The molecular formula is C20H17Cl2NS2. The Morgan fingerprint density at radius 1 is 1.20 bits per heavy atom. The summed E-state index contributed by atoms with van der Waals surface area (Å²) < 4.78 is 0. The summed E-state index contributed by atoms with van der Waals surface area (Å²) >= 11 is 16.7. The predicted molar refractivity (Wildman–Crippen MR) is 112 cm³/mol. The number of nitrogens with zero attached hydrogens (tertiary/aromatic N) is 1. The molecule has 2 heterocycles.